The van der Waals surface area contributed by atoms with Gasteiger partial charge in [0, 0.05) is 39.1 Å². The van der Waals surface area contributed by atoms with Crippen molar-refractivity contribution in [1.82, 2.24) is 4.98 Å². The van der Waals surface area contributed by atoms with Crippen LogP contribution < -0.4 is 4.74 Å². The average molecular weight is 580 g/mol. The summed E-state index contributed by atoms with van der Waals surface area (Å²) in [6, 6.07) is 3.89. The van der Waals surface area contributed by atoms with Gasteiger partial charge in [-0.2, -0.15) is 0 Å². The van der Waals surface area contributed by atoms with Gasteiger partial charge in [-0.05, 0) is 19.1 Å². The third-order valence-corrected chi connectivity index (χ3v) is 6.30. The maximum absolute atomic E-state index is 12.7. The van der Waals surface area contributed by atoms with Crippen molar-refractivity contribution >= 4 is 41.0 Å². The molecule has 216 valence electrons. The van der Waals surface area contributed by atoms with Gasteiger partial charge in [0.1, 0.15) is 24.2 Å². The topological polar surface area (TPSA) is 174 Å². The Morgan fingerprint density at radius 3 is 2.10 bits per heavy atom. The highest BCUT2D eigenvalue weighted by Crippen LogP contribution is 2.33. The summed E-state index contributed by atoms with van der Waals surface area (Å²) in [6.07, 6.45) is -6.91. The Morgan fingerprint density at radius 2 is 1.55 bits per heavy atom. The number of esters is 4. The molecule has 2 aromatic rings. The van der Waals surface area contributed by atoms with Crippen LogP contribution in [0.3, 0.4) is 0 Å². The lowest BCUT2D eigenvalue weighted by Crippen LogP contribution is -2.63. The van der Waals surface area contributed by atoms with Crippen LogP contribution in [-0.4, -0.2) is 77.1 Å². The normalized spacial score (nSPS) is 22.1. The minimum Gasteiger partial charge on any atom is -0.507 e. The van der Waals surface area contributed by atoms with E-state index in [0.717, 1.165) is 38.8 Å². The maximum Gasteiger partial charge on any atom is 0.303 e. The standard InChI is InChI=1S/C26H29NO12S/c1-12-27-17(11-40-12)8-20(32)19-7-6-18(9-21(19)33)38-26-25(37-16(5)31)24(36-15(4)30)23(35-14(3)29)22(39-26)10-34-13(2)28/h6-7,9,11,22-26,33H,8,10H2,1-5H3/t22-,23-,24+,25-,26+/m1/s1. The zero-order valence-corrected chi connectivity index (χ0v) is 23.2. The van der Waals surface area contributed by atoms with E-state index >= 15 is 0 Å². The number of rotatable bonds is 10. The van der Waals surface area contributed by atoms with Crippen LogP contribution in [0.2, 0.25) is 0 Å². The molecular weight excluding hydrogens is 550 g/mol. The molecule has 1 N–H and O–H groups in total. The zero-order valence-electron chi connectivity index (χ0n) is 22.4. The molecule has 1 fully saturated rings. The van der Waals surface area contributed by atoms with E-state index in [2.05, 4.69) is 4.98 Å². The molecule has 2 heterocycles. The number of phenolic OH excluding ortho intramolecular Hbond substituents is 1. The Bertz CT molecular complexity index is 1270. The molecule has 1 aliphatic rings. The molecule has 5 atom stereocenters. The fourth-order valence-electron chi connectivity index (χ4n) is 3.99. The summed E-state index contributed by atoms with van der Waals surface area (Å²) in [7, 11) is 0. The number of phenols is 1. The lowest BCUT2D eigenvalue weighted by molar-refractivity contribution is -0.288. The molecule has 0 unspecified atom stereocenters. The first-order valence-electron chi connectivity index (χ1n) is 12.1. The van der Waals surface area contributed by atoms with Crippen molar-refractivity contribution in [2.24, 2.45) is 0 Å². The van der Waals surface area contributed by atoms with Crippen molar-refractivity contribution in [3.63, 3.8) is 0 Å². The molecule has 0 bridgehead atoms. The predicted octanol–water partition coefficient (Wildman–Crippen LogP) is 2.04. The van der Waals surface area contributed by atoms with Gasteiger partial charge in [0.15, 0.2) is 18.0 Å². The molecule has 0 amide bonds. The number of nitrogens with zero attached hydrogens (tertiary/aromatic N) is 1. The first-order chi connectivity index (χ1) is 18.8. The van der Waals surface area contributed by atoms with E-state index < -0.39 is 61.2 Å². The number of hydrogen-bond acceptors (Lipinski definition) is 14. The van der Waals surface area contributed by atoms with Crippen LogP contribution in [0, 0.1) is 6.92 Å². The van der Waals surface area contributed by atoms with Crippen molar-refractivity contribution in [3.8, 4) is 11.5 Å². The fourth-order valence-corrected chi connectivity index (χ4v) is 4.60. The number of hydrogen-bond donors (Lipinski definition) is 1. The number of carbonyl (C=O) groups is 5. The molecule has 40 heavy (non-hydrogen) atoms. The van der Waals surface area contributed by atoms with Crippen LogP contribution in [0.15, 0.2) is 23.6 Å². The van der Waals surface area contributed by atoms with Gasteiger partial charge in [-0.3, -0.25) is 24.0 Å². The summed E-state index contributed by atoms with van der Waals surface area (Å²) in [5, 5.41) is 13.1. The quantitative estimate of drug-likeness (QED) is 0.246. The van der Waals surface area contributed by atoms with Crippen LogP contribution in [0.5, 0.6) is 11.5 Å². The number of Topliss-reactive ketones (excluding diaryl/α,β-unsaturated/α-hetero) is 1. The van der Waals surface area contributed by atoms with E-state index in [-0.39, 0.29) is 29.3 Å². The SMILES string of the molecule is CC(=O)OC[C@H]1O[C@H](Oc2ccc(C(=O)Cc3csc(C)n3)c(O)c2)[C@H](OC(C)=O)[C@@H](OC(C)=O)[C@@H]1OC(C)=O. The molecule has 1 aliphatic heterocycles. The number of aryl methyl sites for hydroxylation is 1. The Labute approximate surface area is 233 Å². The Hall–Kier alpha value is -4.04. The molecule has 13 nitrogen and oxygen atoms in total. The lowest BCUT2D eigenvalue weighted by atomic mass is 9.98. The highest BCUT2D eigenvalue weighted by Gasteiger charge is 2.53. The number of ether oxygens (including phenoxy) is 6. The van der Waals surface area contributed by atoms with Gasteiger partial charge in [0.25, 0.3) is 0 Å². The van der Waals surface area contributed by atoms with E-state index in [9.17, 15) is 29.1 Å². The van der Waals surface area contributed by atoms with Crippen molar-refractivity contribution < 1.29 is 57.5 Å². The van der Waals surface area contributed by atoms with Gasteiger partial charge in [-0.1, -0.05) is 0 Å². The van der Waals surface area contributed by atoms with Crippen LogP contribution in [0.25, 0.3) is 0 Å². The highest BCUT2D eigenvalue weighted by molar-refractivity contribution is 7.09. The van der Waals surface area contributed by atoms with Crippen LogP contribution in [-0.2, 0) is 49.3 Å². The molecule has 1 aromatic carbocycles. The molecule has 14 heteroatoms. The van der Waals surface area contributed by atoms with Crippen molar-refractivity contribution in [1.29, 1.82) is 0 Å². The third-order valence-electron chi connectivity index (χ3n) is 5.48. The number of aromatic hydroxyl groups is 1. The second kappa shape index (κ2) is 13.3. The first-order valence-corrected chi connectivity index (χ1v) is 13.0. The largest absolute Gasteiger partial charge is 0.507 e. The van der Waals surface area contributed by atoms with Gasteiger partial charge < -0.3 is 33.5 Å². The first kappa shape index (κ1) is 30.5. The predicted molar refractivity (Wildman–Crippen MR) is 136 cm³/mol. The molecule has 1 aromatic heterocycles. The summed E-state index contributed by atoms with van der Waals surface area (Å²) < 4.78 is 32.8. The number of carbonyl (C=O) groups excluding carboxylic acids is 5. The van der Waals surface area contributed by atoms with Gasteiger partial charge >= 0.3 is 23.9 Å². The van der Waals surface area contributed by atoms with Crippen molar-refractivity contribution in [3.05, 3.63) is 39.8 Å². The molecule has 0 saturated carbocycles. The van der Waals surface area contributed by atoms with E-state index in [4.69, 9.17) is 28.4 Å². The number of thiazole rings is 1. The molecule has 0 spiro atoms. The van der Waals surface area contributed by atoms with E-state index in [0.29, 0.717) is 5.69 Å². The molecule has 1 saturated heterocycles. The van der Waals surface area contributed by atoms with Crippen LogP contribution in [0.4, 0.5) is 0 Å². The van der Waals surface area contributed by atoms with Crippen LogP contribution >= 0.6 is 11.3 Å². The van der Waals surface area contributed by atoms with Gasteiger partial charge in [0.05, 0.1) is 22.7 Å². The smallest absolute Gasteiger partial charge is 0.303 e. The minimum absolute atomic E-state index is 0.000507. The second-order valence-corrected chi connectivity index (χ2v) is 9.88. The summed E-state index contributed by atoms with van der Waals surface area (Å²) in [4.78, 5) is 64.2. The molecular formula is C26H29NO12S. The summed E-state index contributed by atoms with van der Waals surface area (Å²) in [5.74, 6) is -3.77. The van der Waals surface area contributed by atoms with E-state index in [1.54, 1.807) is 5.38 Å². The molecule has 3 rings (SSSR count). The Balaban J connectivity index is 1.91. The molecule has 0 radical (unpaired) electrons. The molecule has 0 aliphatic carbocycles. The summed E-state index contributed by atoms with van der Waals surface area (Å²) in [5.41, 5.74) is 0.601. The fraction of sp³-hybridized carbons (Fsp3) is 0.462. The monoisotopic (exact) mass is 579 g/mol. The van der Waals surface area contributed by atoms with E-state index in [1.165, 1.54) is 23.5 Å². The van der Waals surface area contributed by atoms with E-state index in [1.807, 2.05) is 6.92 Å². The number of aromatic nitrogens is 1. The van der Waals surface area contributed by atoms with Gasteiger partial charge in [-0.15, -0.1) is 11.3 Å². The van der Waals surface area contributed by atoms with Gasteiger partial charge in [0.2, 0.25) is 12.4 Å². The Morgan fingerprint density at radius 1 is 0.925 bits per heavy atom. The second-order valence-electron chi connectivity index (χ2n) is 8.82. The Kier molecular flexibility index (Phi) is 10.2. The number of ketones is 1. The third kappa shape index (κ3) is 8.23. The lowest BCUT2D eigenvalue weighted by Gasteiger charge is -2.43. The summed E-state index contributed by atoms with van der Waals surface area (Å²) >= 11 is 1.40. The maximum atomic E-state index is 12.7. The van der Waals surface area contributed by atoms with Gasteiger partial charge in [-0.25, -0.2) is 4.98 Å². The number of benzene rings is 1. The minimum atomic E-state index is -1.49. The van der Waals surface area contributed by atoms with Crippen LogP contribution in [0.1, 0.15) is 48.8 Å². The summed E-state index contributed by atoms with van der Waals surface area (Å²) in [6.45, 7) is 5.86. The highest BCUT2D eigenvalue weighted by atomic mass is 32.1. The average Bonchev–Trinajstić information content (AvgIpc) is 3.25. The zero-order chi connectivity index (χ0) is 29.6. The van der Waals surface area contributed by atoms with Crippen molar-refractivity contribution in [2.45, 2.75) is 71.7 Å². The van der Waals surface area contributed by atoms with Crippen molar-refractivity contribution in [2.75, 3.05) is 6.61 Å².